The van der Waals surface area contributed by atoms with Gasteiger partial charge in [-0.3, -0.25) is 0 Å². The van der Waals surface area contributed by atoms with Crippen LogP contribution in [0.2, 0.25) is 0 Å². The second-order valence-corrected chi connectivity index (χ2v) is 5.16. The van der Waals surface area contributed by atoms with Crippen LogP contribution in [-0.2, 0) is 11.3 Å². The van der Waals surface area contributed by atoms with Crippen LogP contribution in [0.15, 0.2) is 18.2 Å². The standard InChI is InChI=1S/C14H18F2O/c1-9(2)11-6-12(7-11)17-8-10-3-4-13(15)14(16)5-10/h3-5,9,11-12H,6-8H2,1-2H3/t11-,12-. The lowest BCUT2D eigenvalue weighted by atomic mass is 9.75. The molecule has 0 atom stereocenters. The van der Waals surface area contributed by atoms with Gasteiger partial charge < -0.3 is 4.74 Å². The van der Waals surface area contributed by atoms with Crippen molar-refractivity contribution in [2.24, 2.45) is 11.8 Å². The summed E-state index contributed by atoms with van der Waals surface area (Å²) in [6, 6.07) is 3.91. The van der Waals surface area contributed by atoms with E-state index in [0.717, 1.165) is 24.8 Å². The molecule has 0 N–H and O–H groups in total. The number of benzene rings is 1. The van der Waals surface area contributed by atoms with E-state index in [0.29, 0.717) is 18.1 Å². The summed E-state index contributed by atoms with van der Waals surface area (Å²) in [6.07, 6.45) is 2.46. The first-order valence-corrected chi connectivity index (χ1v) is 6.11. The van der Waals surface area contributed by atoms with Gasteiger partial charge in [0.25, 0.3) is 0 Å². The Morgan fingerprint density at radius 1 is 1.24 bits per heavy atom. The van der Waals surface area contributed by atoms with Crippen molar-refractivity contribution in [3.8, 4) is 0 Å². The molecule has 1 aliphatic carbocycles. The van der Waals surface area contributed by atoms with Gasteiger partial charge in [0, 0.05) is 0 Å². The largest absolute Gasteiger partial charge is 0.374 e. The lowest BCUT2D eigenvalue weighted by molar-refractivity contribution is -0.0520. The SMILES string of the molecule is CC(C)[C@H]1C[C@H](OCc2ccc(F)c(F)c2)C1. The van der Waals surface area contributed by atoms with Crippen molar-refractivity contribution in [1.29, 1.82) is 0 Å². The maximum Gasteiger partial charge on any atom is 0.159 e. The number of ether oxygens (including phenoxy) is 1. The van der Waals surface area contributed by atoms with E-state index < -0.39 is 11.6 Å². The van der Waals surface area contributed by atoms with Crippen LogP contribution < -0.4 is 0 Å². The molecule has 1 fully saturated rings. The molecule has 1 aromatic carbocycles. The van der Waals surface area contributed by atoms with Gasteiger partial charge in [-0.25, -0.2) is 8.78 Å². The van der Waals surface area contributed by atoms with Gasteiger partial charge in [-0.1, -0.05) is 19.9 Å². The Kier molecular flexibility index (Phi) is 3.77. The van der Waals surface area contributed by atoms with Gasteiger partial charge in [-0.05, 0) is 42.4 Å². The molecule has 0 aromatic heterocycles. The van der Waals surface area contributed by atoms with Crippen molar-refractivity contribution in [2.45, 2.75) is 39.4 Å². The molecule has 1 nitrogen and oxygen atoms in total. The molecule has 1 aromatic rings. The highest BCUT2D eigenvalue weighted by Crippen LogP contribution is 2.36. The van der Waals surface area contributed by atoms with E-state index in [-0.39, 0.29) is 6.10 Å². The van der Waals surface area contributed by atoms with Gasteiger partial charge in [0.1, 0.15) is 0 Å². The lowest BCUT2D eigenvalue weighted by Gasteiger charge is -2.37. The zero-order chi connectivity index (χ0) is 12.4. The zero-order valence-electron chi connectivity index (χ0n) is 10.2. The molecule has 0 saturated heterocycles. The Labute approximate surface area is 101 Å². The van der Waals surface area contributed by atoms with Crippen LogP contribution in [0.1, 0.15) is 32.3 Å². The van der Waals surface area contributed by atoms with E-state index >= 15 is 0 Å². The summed E-state index contributed by atoms with van der Waals surface area (Å²) in [7, 11) is 0. The topological polar surface area (TPSA) is 9.23 Å². The summed E-state index contributed by atoms with van der Waals surface area (Å²) in [4.78, 5) is 0. The molecular formula is C14H18F2O. The highest BCUT2D eigenvalue weighted by molar-refractivity contribution is 5.16. The Hall–Kier alpha value is -0.960. The second kappa shape index (κ2) is 5.13. The minimum Gasteiger partial charge on any atom is -0.374 e. The van der Waals surface area contributed by atoms with E-state index in [9.17, 15) is 8.78 Å². The van der Waals surface area contributed by atoms with Crippen molar-refractivity contribution in [1.82, 2.24) is 0 Å². The van der Waals surface area contributed by atoms with E-state index in [4.69, 9.17) is 4.74 Å². The van der Waals surface area contributed by atoms with Crippen LogP contribution in [0, 0.1) is 23.5 Å². The number of hydrogen-bond acceptors (Lipinski definition) is 1. The van der Waals surface area contributed by atoms with E-state index in [2.05, 4.69) is 13.8 Å². The molecule has 3 heteroatoms. The van der Waals surface area contributed by atoms with E-state index in [1.54, 1.807) is 6.07 Å². The Bertz CT molecular complexity index is 384. The smallest absolute Gasteiger partial charge is 0.159 e. The number of rotatable bonds is 4. The molecule has 1 saturated carbocycles. The maximum absolute atomic E-state index is 12.9. The average molecular weight is 240 g/mol. The first-order chi connectivity index (χ1) is 8.06. The molecule has 0 radical (unpaired) electrons. The van der Waals surface area contributed by atoms with Crippen LogP contribution in [0.3, 0.4) is 0 Å². The van der Waals surface area contributed by atoms with Gasteiger partial charge in [0.15, 0.2) is 11.6 Å². The molecule has 94 valence electrons. The van der Waals surface area contributed by atoms with Gasteiger partial charge in [-0.15, -0.1) is 0 Å². The van der Waals surface area contributed by atoms with Crippen LogP contribution in [0.4, 0.5) is 8.78 Å². The van der Waals surface area contributed by atoms with E-state index in [1.807, 2.05) is 0 Å². The van der Waals surface area contributed by atoms with Gasteiger partial charge in [0.2, 0.25) is 0 Å². The fourth-order valence-corrected chi connectivity index (χ4v) is 2.13. The van der Waals surface area contributed by atoms with Crippen molar-refractivity contribution in [2.75, 3.05) is 0 Å². The predicted octanol–water partition coefficient (Wildman–Crippen LogP) is 3.92. The third-order valence-electron chi connectivity index (χ3n) is 3.54. The maximum atomic E-state index is 12.9. The fourth-order valence-electron chi connectivity index (χ4n) is 2.13. The van der Waals surface area contributed by atoms with Crippen molar-refractivity contribution < 1.29 is 13.5 Å². The lowest BCUT2D eigenvalue weighted by Crippen LogP contribution is -2.34. The fraction of sp³-hybridized carbons (Fsp3) is 0.571. The molecule has 0 spiro atoms. The molecule has 1 aliphatic rings. The minimum absolute atomic E-state index is 0.288. The van der Waals surface area contributed by atoms with Crippen molar-refractivity contribution >= 4 is 0 Å². The highest BCUT2D eigenvalue weighted by Gasteiger charge is 2.31. The number of hydrogen-bond donors (Lipinski definition) is 0. The van der Waals surface area contributed by atoms with Crippen LogP contribution >= 0.6 is 0 Å². The zero-order valence-corrected chi connectivity index (χ0v) is 10.2. The molecule has 17 heavy (non-hydrogen) atoms. The second-order valence-electron chi connectivity index (χ2n) is 5.16. The van der Waals surface area contributed by atoms with Crippen molar-refractivity contribution in [3.05, 3.63) is 35.4 Å². The predicted molar refractivity (Wildman–Crippen MR) is 62.5 cm³/mol. The monoisotopic (exact) mass is 240 g/mol. The molecule has 0 amide bonds. The Morgan fingerprint density at radius 2 is 1.94 bits per heavy atom. The highest BCUT2D eigenvalue weighted by atomic mass is 19.2. The van der Waals surface area contributed by atoms with Gasteiger partial charge >= 0.3 is 0 Å². The summed E-state index contributed by atoms with van der Waals surface area (Å²) in [6.45, 7) is 4.80. The normalized spacial score (nSPS) is 23.8. The van der Waals surface area contributed by atoms with Crippen LogP contribution in [0.25, 0.3) is 0 Å². The molecule has 0 aliphatic heterocycles. The van der Waals surface area contributed by atoms with Gasteiger partial charge in [-0.2, -0.15) is 0 Å². The van der Waals surface area contributed by atoms with Crippen LogP contribution in [-0.4, -0.2) is 6.10 Å². The summed E-state index contributed by atoms with van der Waals surface area (Å²) in [5, 5.41) is 0. The first kappa shape index (κ1) is 12.5. The summed E-state index contributed by atoms with van der Waals surface area (Å²) >= 11 is 0. The summed E-state index contributed by atoms with van der Waals surface area (Å²) in [5.41, 5.74) is 0.692. The van der Waals surface area contributed by atoms with Crippen molar-refractivity contribution in [3.63, 3.8) is 0 Å². The molecule has 0 unspecified atom stereocenters. The third kappa shape index (κ3) is 3.03. The third-order valence-corrected chi connectivity index (χ3v) is 3.54. The van der Waals surface area contributed by atoms with E-state index in [1.165, 1.54) is 6.07 Å². The minimum atomic E-state index is -0.808. The first-order valence-electron chi connectivity index (χ1n) is 6.11. The molecular weight excluding hydrogens is 222 g/mol. The molecule has 2 rings (SSSR count). The molecule has 0 heterocycles. The summed E-state index contributed by atoms with van der Waals surface area (Å²) in [5.74, 6) is -0.153. The van der Waals surface area contributed by atoms with Gasteiger partial charge in [0.05, 0.1) is 12.7 Å². The Morgan fingerprint density at radius 3 is 2.53 bits per heavy atom. The summed E-state index contributed by atoms with van der Waals surface area (Å²) < 4.78 is 31.3. The van der Waals surface area contributed by atoms with Crippen LogP contribution in [0.5, 0.6) is 0 Å². The quantitative estimate of drug-likeness (QED) is 0.775. The molecule has 0 bridgehead atoms. The number of halogens is 2. The Balaban J connectivity index is 1.78. The average Bonchev–Trinajstić information content (AvgIpc) is 2.20.